The quantitative estimate of drug-likeness (QED) is 0.661. The summed E-state index contributed by atoms with van der Waals surface area (Å²) in [6.07, 6.45) is 2.19. The van der Waals surface area contributed by atoms with E-state index in [-0.39, 0.29) is 6.10 Å². The molecule has 2 aromatic rings. The van der Waals surface area contributed by atoms with Crippen molar-refractivity contribution in [3.05, 3.63) is 54.1 Å². The number of nitrogens with one attached hydrogen (secondary N) is 1. The van der Waals surface area contributed by atoms with Gasteiger partial charge in [0.25, 0.3) is 0 Å². The van der Waals surface area contributed by atoms with Gasteiger partial charge in [-0.05, 0) is 42.5 Å². The molecule has 24 heavy (non-hydrogen) atoms. The van der Waals surface area contributed by atoms with E-state index >= 15 is 0 Å². The lowest BCUT2D eigenvalue weighted by atomic mass is 9.98. The second kappa shape index (κ2) is 9.21. The zero-order valence-electron chi connectivity index (χ0n) is 15.2. The van der Waals surface area contributed by atoms with E-state index in [1.165, 1.54) is 5.56 Å². The van der Waals surface area contributed by atoms with Crippen molar-refractivity contribution in [2.75, 3.05) is 19.0 Å². The highest BCUT2D eigenvalue weighted by Gasteiger charge is 2.14. The smallest absolute Gasteiger partial charge is 0.123 e. The van der Waals surface area contributed by atoms with Crippen LogP contribution in [-0.2, 0) is 0 Å². The number of para-hydroxylation sites is 1. The molecule has 0 bridgehead atoms. The molecule has 0 aliphatic heterocycles. The van der Waals surface area contributed by atoms with Crippen LogP contribution < -0.4 is 14.8 Å². The molecule has 0 amide bonds. The molecule has 3 nitrogen and oxygen atoms in total. The van der Waals surface area contributed by atoms with Crippen molar-refractivity contribution in [2.45, 2.75) is 45.6 Å². The second-order valence-corrected chi connectivity index (χ2v) is 6.11. The summed E-state index contributed by atoms with van der Waals surface area (Å²) in [5.74, 6) is 2.37. The summed E-state index contributed by atoms with van der Waals surface area (Å²) < 4.78 is 11.6. The molecule has 3 heteroatoms. The zero-order valence-corrected chi connectivity index (χ0v) is 15.2. The van der Waals surface area contributed by atoms with Gasteiger partial charge in [-0.1, -0.05) is 45.0 Å². The van der Waals surface area contributed by atoms with Crippen LogP contribution >= 0.6 is 0 Å². The minimum atomic E-state index is 0.126. The average molecular weight is 327 g/mol. The predicted octanol–water partition coefficient (Wildman–Crippen LogP) is 5.48. The number of ether oxygens (including phenoxy) is 2. The molecule has 0 spiro atoms. The fraction of sp³-hybridized carbons (Fsp3) is 0.429. The molecule has 0 aliphatic rings. The number of anilines is 1. The van der Waals surface area contributed by atoms with Crippen molar-refractivity contribution in [2.24, 2.45) is 0 Å². The highest BCUT2D eigenvalue weighted by atomic mass is 16.5. The van der Waals surface area contributed by atoms with Crippen molar-refractivity contribution in [1.29, 1.82) is 0 Å². The van der Waals surface area contributed by atoms with Gasteiger partial charge in [0.1, 0.15) is 17.6 Å². The summed E-state index contributed by atoms with van der Waals surface area (Å²) in [5.41, 5.74) is 2.34. The van der Waals surface area contributed by atoms with Gasteiger partial charge in [0.15, 0.2) is 0 Å². The van der Waals surface area contributed by atoms with E-state index in [1.807, 2.05) is 30.3 Å². The van der Waals surface area contributed by atoms with Gasteiger partial charge in [-0.3, -0.25) is 0 Å². The van der Waals surface area contributed by atoms with Crippen molar-refractivity contribution in [3.8, 4) is 11.5 Å². The Morgan fingerprint density at radius 1 is 1.00 bits per heavy atom. The van der Waals surface area contributed by atoms with E-state index in [1.54, 1.807) is 7.11 Å². The summed E-state index contributed by atoms with van der Waals surface area (Å²) in [7, 11) is 1.68. The van der Waals surface area contributed by atoms with E-state index < -0.39 is 0 Å². The zero-order chi connectivity index (χ0) is 17.4. The van der Waals surface area contributed by atoms with Crippen LogP contribution in [-0.4, -0.2) is 19.8 Å². The predicted molar refractivity (Wildman–Crippen MR) is 101 cm³/mol. The molecule has 130 valence electrons. The molecule has 2 rings (SSSR count). The summed E-state index contributed by atoms with van der Waals surface area (Å²) >= 11 is 0. The van der Waals surface area contributed by atoms with Gasteiger partial charge in [0.2, 0.25) is 0 Å². The molecule has 2 aromatic carbocycles. The van der Waals surface area contributed by atoms with Crippen molar-refractivity contribution >= 4 is 5.69 Å². The summed E-state index contributed by atoms with van der Waals surface area (Å²) in [6.45, 7) is 7.38. The molecule has 1 N–H and O–H groups in total. The minimum Gasteiger partial charge on any atom is -0.497 e. The van der Waals surface area contributed by atoms with E-state index in [2.05, 4.69) is 44.3 Å². The Labute approximate surface area is 146 Å². The maximum Gasteiger partial charge on any atom is 0.123 e. The standard InChI is InChI=1S/C21H29NO2/c1-5-16(3)20-12-7-8-13-21(20)24-18(6-2)15-22-17-10-9-11-19(14-17)23-4/h7-14,16,18,22H,5-6,15H2,1-4H3. The lowest BCUT2D eigenvalue weighted by Crippen LogP contribution is -2.26. The molecule has 0 fully saturated rings. The molecule has 0 saturated heterocycles. The van der Waals surface area contributed by atoms with E-state index in [0.29, 0.717) is 5.92 Å². The Balaban J connectivity index is 2.02. The molecule has 0 aromatic heterocycles. The Hall–Kier alpha value is -2.16. The van der Waals surface area contributed by atoms with Gasteiger partial charge in [0, 0.05) is 11.8 Å². The van der Waals surface area contributed by atoms with Gasteiger partial charge < -0.3 is 14.8 Å². The van der Waals surface area contributed by atoms with Crippen LogP contribution in [0.25, 0.3) is 0 Å². The fourth-order valence-corrected chi connectivity index (χ4v) is 2.63. The van der Waals surface area contributed by atoms with Gasteiger partial charge in [0.05, 0.1) is 13.7 Å². The molecule has 2 unspecified atom stereocenters. The Morgan fingerprint density at radius 3 is 2.50 bits per heavy atom. The monoisotopic (exact) mass is 327 g/mol. The molecular formula is C21H29NO2. The van der Waals surface area contributed by atoms with Crippen LogP contribution in [0.3, 0.4) is 0 Å². The number of hydrogen-bond donors (Lipinski definition) is 1. The number of methoxy groups -OCH3 is 1. The van der Waals surface area contributed by atoms with Gasteiger partial charge >= 0.3 is 0 Å². The van der Waals surface area contributed by atoms with Crippen LogP contribution in [0.1, 0.15) is 45.1 Å². The van der Waals surface area contributed by atoms with E-state index in [9.17, 15) is 0 Å². The molecule has 0 aliphatic carbocycles. The third-order valence-corrected chi connectivity index (χ3v) is 4.41. The van der Waals surface area contributed by atoms with Gasteiger partial charge in [-0.2, -0.15) is 0 Å². The Bertz CT molecular complexity index is 627. The van der Waals surface area contributed by atoms with Crippen molar-refractivity contribution in [1.82, 2.24) is 0 Å². The molecule has 0 radical (unpaired) electrons. The fourth-order valence-electron chi connectivity index (χ4n) is 2.63. The maximum atomic E-state index is 6.30. The number of hydrogen-bond acceptors (Lipinski definition) is 3. The maximum absolute atomic E-state index is 6.30. The van der Waals surface area contributed by atoms with Gasteiger partial charge in [-0.25, -0.2) is 0 Å². The Kier molecular flexibility index (Phi) is 6.98. The SMILES string of the molecule is CCC(CNc1cccc(OC)c1)Oc1ccccc1C(C)CC. The van der Waals surface area contributed by atoms with E-state index in [0.717, 1.165) is 36.6 Å². The molecular weight excluding hydrogens is 298 g/mol. The first-order chi connectivity index (χ1) is 11.7. The van der Waals surface area contributed by atoms with Crippen molar-refractivity contribution in [3.63, 3.8) is 0 Å². The first-order valence-electron chi connectivity index (χ1n) is 8.81. The highest BCUT2D eigenvalue weighted by molar-refractivity contribution is 5.48. The van der Waals surface area contributed by atoms with Crippen LogP contribution in [0.5, 0.6) is 11.5 Å². The van der Waals surface area contributed by atoms with Crippen LogP contribution in [0.15, 0.2) is 48.5 Å². The van der Waals surface area contributed by atoms with Crippen LogP contribution in [0.4, 0.5) is 5.69 Å². The topological polar surface area (TPSA) is 30.5 Å². The Morgan fingerprint density at radius 2 is 1.79 bits per heavy atom. The lowest BCUT2D eigenvalue weighted by Gasteiger charge is -2.22. The number of rotatable bonds is 9. The molecule has 0 saturated carbocycles. The summed E-state index contributed by atoms with van der Waals surface area (Å²) in [6, 6.07) is 16.4. The first-order valence-corrected chi connectivity index (χ1v) is 8.81. The second-order valence-electron chi connectivity index (χ2n) is 6.11. The largest absolute Gasteiger partial charge is 0.497 e. The van der Waals surface area contributed by atoms with E-state index in [4.69, 9.17) is 9.47 Å². The summed E-state index contributed by atoms with van der Waals surface area (Å²) in [5, 5.41) is 3.45. The van der Waals surface area contributed by atoms with Crippen molar-refractivity contribution < 1.29 is 9.47 Å². The van der Waals surface area contributed by atoms with Crippen LogP contribution in [0.2, 0.25) is 0 Å². The first kappa shape index (κ1) is 18.2. The third-order valence-electron chi connectivity index (χ3n) is 4.41. The van der Waals surface area contributed by atoms with Gasteiger partial charge in [-0.15, -0.1) is 0 Å². The third kappa shape index (κ3) is 4.92. The average Bonchev–Trinajstić information content (AvgIpc) is 2.64. The molecule has 0 heterocycles. The number of benzene rings is 2. The summed E-state index contributed by atoms with van der Waals surface area (Å²) in [4.78, 5) is 0. The lowest BCUT2D eigenvalue weighted by molar-refractivity contribution is 0.207. The highest BCUT2D eigenvalue weighted by Crippen LogP contribution is 2.29. The molecule has 2 atom stereocenters. The van der Waals surface area contributed by atoms with Crippen LogP contribution in [0, 0.1) is 0 Å². The minimum absolute atomic E-state index is 0.126. The normalized spacial score (nSPS) is 13.2.